The number of aryl methyl sites for hydroxylation is 3. The number of piperazine rings is 1. The minimum absolute atomic E-state index is 0. The third kappa shape index (κ3) is 26.1. The van der Waals surface area contributed by atoms with Gasteiger partial charge in [0.1, 0.15) is 11.6 Å². The number of aliphatic carboxylic acids is 2. The Morgan fingerprint density at radius 1 is 0.664 bits per heavy atom. The van der Waals surface area contributed by atoms with Crippen LogP contribution in [-0.2, 0) is 16.0 Å². The molecule has 134 heavy (non-hydrogen) atoms. The number of methoxy groups -OCH3 is 3. The van der Waals surface area contributed by atoms with Gasteiger partial charge in [-0.05, 0) is 209 Å². The quantitative estimate of drug-likeness (QED) is 0.0159. The number of rotatable bonds is 22. The van der Waals surface area contributed by atoms with E-state index in [9.17, 15) is 29.8 Å². The number of nitrogens with zero attached hydrogens (tertiary/aromatic N) is 13. The SMILES string of the molecule is C=CC1=C(C)c2cc3[nH]c(cc4nc(cc5[nH]c(cc1n2)c(C)c5CCC(=O)O)C(CCC(=O)O)=C4C)c(C)c3C=C.CCN(CC)CCCC(C)Nc1c2ccc(Cl)cc2nc2ccc(OC)cc12.COc1cc2nc(N3CCN(C(=O)c4ccco4)CC3)nc(N)c2cc1OC.Cl.Cl.Cl.N#Cc1c(-c2ccccc2)no[n+]1[O-].O.O.O.[Na+].[Na+].c1cnc2c(c1)ccc1cccnc12. The molecule has 0 spiro atoms. The van der Waals surface area contributed by atoms with Gasteiger partial charge in [0.05, 0.1) is 83.6 Å². The van der Waals surface area contributed by atoms with E-state index in [1.54, 1.807) is 99.3 Å². The second-order valence-corrected chi connectivity index (χ2v) is 30.6. The number of carbonyl (C=O) groups is 3. The molecule has 17 rings (SSSR count). The number of hydrogen-bond donors (Lipinski definition) is 6. The first kappa shape index (κ1) is 112. The van der Waals surface area contributed by atoms with Gasteiger partial charge in [0, 0.05) is 139 Å². The number of nitriles is 1. The third-order valence-electron chi connectivity index (χ3n) is 22.5. The van der Waals surface area contributed by atoms with Crippen LogP contribution in [0.15, 0.2) is 199 Å². The van der Waals surface area contributed by atoms with Crippen molar-refractivity contribution in [2.45, 2.75) is 93.0 Å². The van der Waals surface area contributed by atoms with Crippen LogP contribution in [0.4, 0.5) is 17.5 Å². The number of allylic oxidation sites excluding steroid dienone is 5. The first-order chi connectivity index (χ1) is 60.9. The molecule has 1 unspecified atom stereocenters. The number of fused-ring (bicyclic) bond motifs is 14. The van der Waals surface area contributed by atoms with Crippen LogP contribution in [0.5, 0.6) is 17.2 Å². The fraction of sp³-hybridized carbons (Fsp3) is 0.247. The number of hydrogen-bond acceptors (Lipinski definition) is 22. The monoisotopic (exact) mass is 1920 g/mol. The van der Waals surface area contributed by atoms with Crippen molar-refractivity contribution in [1.82, 2.24) is 59.8 Å². The summed E-state index contributed by atoms with van der Waals surface area (Å²) < 4.78 is 25.6. The number of furan rings is 1. The second-order valence-electron chi connectivity index (χ2n) is 30.2. The smallest absolute Gasteiger partial charge is 0.497 e. The number of halogens is 4. The Bertz CT molecular complexity index is 6710. The Hall–Kier alpha value is -12.1. The van der Waals surface area contributed by atoms with Crippen molar-refractivity contribution in [1.29, 1.82) is 5.26 Å². The molecule has 5 aromatic carbocycles. The number of nitrogen functional groups attached to an aromatic ring is 1. The van der Waals surface area contributed by atoms with Crippen molar-refractivity contribution < 1.29 is 128 Å². The predicted octanol–water partition coefficient (Wildman–Crippen LogP) is 11.7. The van der Waals surface area contributed by atoms with Crippen LogP contribution in [0.25, 0.3) is 116 Å². The van der Waals surface area contributed by atoms with E-state index in [1.165, 1.54) is 12.7 Å². The molecular formula is C97H107Cl4N17Na2O14+2. The van der Waals surface area contributed by atoms with Crippen LogP contribution in [0.3, 0.4) is 0 Å². The third-order valence-corrected chi connectivity index (χ3v) is 22.7. The number of carbonyl (C=O) groups excluding carboxylic acids is 1. The van der Waals surface area contributed by atoms with Gasteiger partial charge >= 0.3 is 76.7 Å². The van der Waals surface area contributed by atoms with Gasteiger partial charge in [-0.3, -0.25) is 29.0 Å². The molecule has 37 heteroatoms. The Balaban J connectivity index is 0.000000307. The Morgan fingerprint density at radius 2 is 1.27 bits per heavy atom. The van der Waals surface area contributed by atoms with Crippen molar-refractivity contribution in [3.8, 4) is 34.6 Å². The van der Waals surface area contributed by atoms with Gasteiger partial charge in [-0.15, -0.1) is 37.2 Å². The van der Waals surface area contributed by atoms with E-state index >= 15 is 0 Å². The topological polar surface area (TPSA) is 473 Å². The number of anilines is 3. The average molecular weight is 1920 g/mol. The number of nitrogens with two attached hydrogens (primary N) is 1. The van der Waals surface area contributed by atoms with Gasteiger partial charge in [-0.2, -0.15) is 10.2 Å². The molecule has 692 valence electrons. The fourth-order valence-corrected chi connectivity index (χ4v) is 15.7. The van der Waals surface area contributed by atoms with Crippen LogP contribution in [-0.4, -0.2) is 177 Å². The van der Waals surface area contributed by atoms with Gasteiger partial charge in [0.2, 0.25) is 5.95 Å². The van der Waals surface area contributed by atoms with E-state index < -0.39 is 11.9 Å². The molecule has 3 aliphatic rings. The van der Waals surface area contributed by atoms with Crippen molar-refractivity contribution >= 4 is 189 Å². The molecule has 13 N–H and O–H groups in total. The Morgan fingerprint density at radius 3 is 1.88 bits per heavy atom. The normalized spacial score (nSPS) is 11.9. The summed E-state index contributed by atoms with van der Waals surface area (Å²) in [5, 5.41) is 51.6. The van der Waals surface area contributed by atoms with Gasteiger partial charge in [0.15, 0.2) is 23.3 Å². The number of aromatic amines is 2. The first-order valence-corrected chi connectivity index (χ1v) is 41.6. The number of carboxylic acids is 2. The molecule has 12 heterocycles. The number of ether oxygens (including phenoxy) is 3. The summed E-state index contributed by atoms with van der Waals surface area (Å²) in [5.41, 5.74) is 26.3. The Labute approximate surface area is 842 Å². The maximum absolute atomic E-state index is 12.4. The van der Waals surface area contributed by atoms with Gasteiger partial charge in [0.25, 0.3) is 11.6 Å². The summed E-state index contributed by atoms with van der Waals surface area (Å²) >= 11 is 6.22. The molecule has 3 aliphatic heterocycles. The molecule has 1 fully saturated rings. The minimum Gasteiger partial charge on any atom is -0.497 e. The van der Waals surface area contributed by atoms with Gasteiger partial charge in [-0.1, -0.05) is 105 Å². The van der Waals surface area contributed by atoms with Crippen LogP contribution >= 0.6 is 48.8 Å². The molecule has 14 aromatic rings. The Kier molecular flexibility index (Phi) is 43.6. The maximum Gasteiger partial charge on any atom is 1.00 e. The van der Waals surface area contributed by atoms with E-state index in [-0.39, 0.29) is 148 Å². The van der Waals surface area contributed by atoms with Crippen LogP contribution < -0.4 is 94.2 Å². The first-order valence-electron chi connectivity index (χ1n) is 41.3. The molecular weight excluding hydrogens is 1810 g/mol. The average Bonchev–Trinajstić information content (AvgIpc) is 1.74. The van der Waals surface area contributed by atoms with E-state index in [4.69, 9.17) is 56.2 Å². The molecule has 9 aromatic heterocycles. The van der Waals surface area contributed by atoms with Crippen LogP contribution in [0.1, 0.15) is 128 Å². The molecule has 1 atom stereocenters. The summed E-state index contributed by atoms with van der Waals surface area (Å²) in [7, 11) is 4.83. The standard InChI is InChI=1S/C34H34N4O4.C23H30ClN3O.C19H21N5O4.C12H8N2.C9H5N3O2.3ClH.2Na.3H2O/c1-7-21-17(3)25-13-26-19(5)23(9-11-33(39)40)31(37-26)16-32-24(10-12-34(41)42)20(6)28(38-32)15-30-22(8-2)18(4)27(36-30)14-29(21)35-25;1-5-27(6-2)13-7-8-16(3)25-23-19-11-9-17(24)14-22(19)26-21-12-10-18(28-4)15-20(21)23;1-26-15-10-12-13(11-16(15)27-2)21-19(22-17(12)20)24-7-5-23(6-8-24)18(25)14-4-3-9-28-14;1-3-9-5-6-10-4-2-8-14-12(10)11(9)13-7-1;10-6-8-9(11-14-12(8)13)7-4-2-1-3-5-7;;;;;;;;/h7-8,13-16,35,38H,1-2,9-12H2,3-6H3,(H,39,40)(H,41,42);9-12,14-16H,5-8,13H2,1-4H3,(H,25,26);3-4,9-11H,5-8H2,1-2H3,(H2,20,21,22);1-8H;1-5H;3*1H;;;3*1H2/q;;;;;;;;2*+1;;;. The van der Waals surface area contributed by atoms with E-state index in [0.29, 0.717) is 101 Å². The summed E-state index contributed by atoms with van der Waals surface area (Å²) in [4.78, 5) is 81.3. The number of amides is 1. The molecule has 0 aliphatic carbocycles. The molecule has 1 saturated heterocycles. The zero-order valence-corrected chi connectivity index (χ0v) is 83.8. The molecule has 1 amide bonds. The van der Waals surface area contributed by atoms with E-state index in [1.807, 2.05) is 105 Å². The molecule has 31 nitrogen and oxygen atoms in total. The van der Waals surface area contributed by atoms with Crippen molar-refractivity contribution in [3.63, 3.8) is 0 Å². The zero-order chi connectivity index (χ0) is 89.4. The number of nitrogens with one attached hydrogen (secondary N) is 3. The maximum atomic E-state index is 12.4. The van der Waals surface area contributed by atoms with Crippen LogP contribution in [0, 0.1) is 30.4 Å². The summed E-state index contributed by atoms with van der Waals surface area (Å²) in [6.45, 7) is 28.4. The number of pyridine rings is 3. The van der Waals surface area contributed by atoms with E-state index in [2.05, 4.69) is 120 Å². The molecule has 8 bridgehead atoms. The number of H-pyrrole nitrogens is 2. The van der Waals surface area contributed by atoms with Crippen molar-refractivity contribution in [3.05, 3.63) is 256 Å². The molecule has 0 saturated carbocycles. The van der Waals surface area contributed by atoms with Crippen LogP contribution in [0.2, 0.25) is 5.02 Å². The zero-order valence-electron chi connectivity index (χ0n) is 76.6. The molecule has 0 radical (unpaired) electrons. The minimum atomic E-state index is -0.883. The number of aromatic nitrogens is 11. The van der Waals surface area contributed by atoms with Gasteiger partial charge in [-0.25, -0.2) is 19.9 Å². The second kappa shape index (κ2) is 52.0. The largest absolute Gasteiger partial charge is 1.00 e. The summed E-state index contributed by atoms with van der Waals surface area (Å²) in [6, 6.07) is 49.9. The number of benzene rings is 5. The number of carboxylic acid groups (broad SMARTS) is 2. The summed E-state index contributed by atoms with van der Waals surface area (Å²) in [5.74, 6) is 1.36. The van der Waals surface area contributed by atoms with Gasteiger partial charge < -0.3 is 86.2 Å². The van der Waals surface area contributed by atoms with Crippen molar-refractivity contribution in [2.24, 2.45) is 0 Å². The van der Waals surface area contributed by atoms with E-state index in [0.717, 1.165) is 165 Å². The van der Waals surface area contributed by atoms with Crippen molar-refractivity contribution in [2.75, 3.05) is 83.1 Å². The summed E-state index contributed by atoms with van der Waals surface area (Å²) in [6.07, 6.45) is 11.6. The fourth-order valence-electron chi connectivity index (χ4n) is 15.5. The predicted molar refractivity (Wildman–Crippen MR) is 529 cm³/mol.